The number of nitrogens with one attached hydrogen (secondary N) is 1. The highest BCUT2D eigenvalue weighted by Crippen LogP contribution is 2.42. The predicted molar refractivity (Wildman–Crippen MR) is 491 cm³/mol. The molecule has 5 N–H and O–H groups in total. The number of carbonyl (C=O) groups is 3. The Kier molecular flexibility index (Phi) is 28.6. The van der Waals surface area contributed by atoms with Crippen LogP contribution in [0.1, 0.15) is 122 Å². The SMILES string of the molecule is C=CC(=O)N1CCN(c2nc(OCCCN3CCCCC3)nc3c2CCN(c2cc(O)cc4cc(C)[nH]c24)C3)CC1.C=CC(=O)N1CCN(c2nc(OCCCN3CCCCC3)nc3c2CCN(c2cc(O)cc4ccccc24)C3)C(CO)C1.C=CC(=O)N1CCN(c2nc(OCCCN3CCCCC3)nc3c2CCN(c2cc(O)cc4sc(C)nc24)C3)CC1. The number of phenols is 3. The number of amides is 3. The molecule has 6 fully saturated rings. The van der Waals surface area contributed by atoms with E-state index < -0.39 is 0 Å². The van der Waals surface area contributed by atoms with Gasteiger partial charge in [-0.2, -0.15) is 29.9 Å². The predicted octanol–water partition coefficient (Wildman–Crippen LogP) is 10.7. The maximum atomic E-state index is 12.3. The van der Waals surface area contributed by atoms with Crippen LogP contribution < -0.4 is 43.6 Å². The minimum Gasteiger partial charge on any atom is -0.508 e. The average molecular weight is 1720 g/mol. The molecule has 4 aromatic carbocycles. The molecule has 9 aliphatic heterocycles. The molecule has 5 aromatic heterocycles. The third kappa shape index (κ3) is 21.0. The molecule has 3 amide bonds. The quantitative estimate of drug-likeness (QED) is 0.0262. The molecule has 0 saturated carbocycles. The standard InChI is InChI=1S/C33H42N6O4.C31H41N7O3.C30H39N7O3S/c1-2-31(42)38-16-17-39(25(21-38)23-40)32-28-11-15-37(30-20-26(41)19-24-9-4-5-10-27(24)30)22-29(28)34-33(35-32)43-18-8-14-36-12-6-3-7-13-36;1-3-28(40)36-13-15-37(16-14-36)30-25-8-12-38(27-20-24(39)19-23-18-22(2)32-29(23)27)21-26(25)33-31(34-30)41-17-7-11-35-9-5-4-6-10-35;1-3-27(39)35-13-15-36(16-14-35)29-23-8-12-37(25-18-22(38)19-26-28(25)31-21(2)41-26)20-24(23)32-30(33-29)40-17-7-11-34-9-5-4-6-10-34/h2,4-5,9-10,19-20,25,40-41H,1,3,6-8,11-18,21-23H2;3,18-20,32,39H,1,4-17,21H2,2H3;3,18-19,38H,1,4-17,20H2,2H3. The van der Waals surface area contributed by atoms with Gasteiger partial charge in [0, 0.05) is 168 Å². The number of nitrogens with zero attached hydrogens (tertiary/aromatic N) is 19. The van der Waals surface area contributed by atoms with Crippen molar-refractivity contribution in [3.05, 3.63) is 149 Å². The lowest BCUT2D eigenvalue weighted by Crippen LogP contribution is -2.56. The number of thiazole rings is 1. The van der Waals surface area contributed by atoms with Crippen molar-refractivity contribution >= 4 is 95.5 Å². The van der Waals surface area contributed by atoms with Gasteiger partial charge in [0.2, 0.25) is 17.7 Å². The number of piperidine rings is 3. The number of aromatic nitrogens is 8. The zero-order valence-electron chi connectivity index (χ0n) is 72.7. The number of aromatic hydroxyl groups is 3. The highest BCUT2D eigenvalue weighted by atomic mass is 32.1. The first-order chi connectivity index (χ1) is 61.0. The van der Waals surface area contributed by atoms with Gasteiger partial charge >= 0.3 is 18.0 Å². The van der Waals surface area contributed by atoms with Crippen LogP contribution >= 0.6 is 11.3 Å². The van der Waals surface area contributed by atoms with E-state index in [4.69, 9.17) is 49.1 Å². The largest absolute Gasteiger partial charge is 0.508 e. The summed E-state index contributed by atoms with van der Waals surface area (Å²) in [4.78, 5) is 101. The number of rotatable bonds is 25. The highest BCUT2D eigenvalue weighted by Gasteiger charge is 2.37. The number of benzene rings is 4. The molecular weight excluding hydrogens is 1600 g/mol. The third-order valence-corrected chi connectivity index (χ3v) is 26.7. The summed E-state index contributed by atoms with van der Waals surface area (Å²) in [6.45, 7) is 37.4. The van der Waals surface area contributed by atoms with Gasteiger partial charge in [0.25, 0.3) is 0 Å². The average Bonchev–Trinajstić information content (AvgIpc) is 1.69. The zero-order valence-corrected chi connectivity index (χ0v) is 73.6. The topological polar surface area (TPSA) is 305 Å². The summed E-state index contributed by atoms with van der Waals surface area (Å²) < 4.78 is 19.5. The molecule has 14 heterocycles. The molecule has 31 heteroatoms. The lowest BCUT2D eigenvalue weighted by molar-refractivity contribution is -0.127. The van der Waals surface area contributed by atoms with Crippen LogP contribution in [0.4, 0.5) is 34.5 Å². The number of aromatic amines is 1. The van der Waals surface area contributed by atoms with E-state index in [1.54, 1.807) is 34.4 Å². The van der Waals surface area contributed by atoms with Crippen LogP contribution in [-0.4, -0.2) is 290 Å². The molecule has 0 bridgehead atoms. The number of fused-ring (bicyclic) bond motifs is 6. The van der Waals surface area contributed by atoms with E-state index in [1.807, 2.05) is 60.0 Å². The van der Waals surface area contributed by atoms with Gasteiger partial charge < -0.3 is 98.4 Å². The lowest BCUT2D eigenvalue weighted by Gasteiger charge is -2.42. The van der Waals surface area contributed by atoms with Crippen molar-refractivity contribution in [1.82, 2.24) is 69.3 Å². The fourth-order valence-corrected chi connectivity index (χ4v) is 20.2. The van der Waals surface area contributed by atoms with Gasteiger partial charge in [-0.25, -0.2) is 4.98 Å². The van der Waals surface area contributed by atoms with E-state index in [-0.39, 0.29) is 47.6 Å². The molecule has 6 saturated heterocycles. The molecule has 9 aliphatic rings. The van der Waals surface area contributed by atoms with Crippen molar-refractivity contribution in [2.45, 2.75) is 136 Å². The van der Waals surface area contributed by atoms with Crippen LogP contribution in [0.25, 0.3) is 31.9 Å². The van der Waals surface area contributed by atoms with E-state index in [2.05, 4.69) is 81.0 Å². The Morgan fingerprint density at radius 3 is 1.38 bits per heavy atom. The van der Waals surface area contributed by atoms with E-state index in [1.165, 1.54) is 102 Å². The molecular formula is C94H122N20O10S. The van der Waals surface area contributed by atoms with E-state index in [0.29, 0.717) is 136 Å². The van der Waals surface area contributed by atoms with Crippen LogP contribution in [0, 0.1) is 13.8 Å². The summed E-state index contributed by atoms with van der Waals surface area (Å²) in [7, 11) is 0. The molecule has 1 atom stereocenters. The highest BCUT2D eigenvalue weighted by molar-refractivity contribution is 7.18. The molecule has 664 valence electrons. The summed E-state index contributed by atoms with van der Waals surface area (Å²) in [5, 5.41) is 45.8. The van der Waals surface area contributed by atoms with Crippen LogP contribution in [-0.2, 0) is 53.3 Å². The second-order valence-electron chi connectivity index (χ2n) is 34.3. The van der Waals surface area contributed by atoms with Gasteiger partial charge in [0.1, 0.15) is 40.2 Å². The van der Waals surface area contributed by atoms with E-state index >= 15 is 0 Å². The number of aliphatic hydroxyl groups excluding tert-OH is 1. The molecule has 0 spiro atoms. The molecule has 0 aliphatic carbocycles. The number of phenolic OH excluding ortho intramolecular Hbond substituents is 3. The maximum Gasteiger partial charge on any atom is 0.318 e. The number of ether oxygens (including phenoxy) is 3. The molecule has 9 aromatic rings. The van der Waals surface area contributed by atoms with Crippen molar-refractivity contribution in [3.63, 3.8) is 0 Å². The van der Waals surface area contributed by atoms with Gasteiger partial charge in [0.15, 0.2) is 0 Å². The number of aliphatic hydroxyl groups is 1. The Hall–Kier alpha value is -11.1. The van der Waals surface area contributed by atoms with E-state index in [0.717, 1.165) is 195 Å². The first kappa shape index (κ1) is 87.4. The number of hydrogen-bond acceptors (Lipinski definition) is 27. The summed E-state index contributed by atoms with van der Waals surface area (Å²) in [5.74, 6) is 3.16. The number of piperazine rings is 3. The zero-order chi connectivity index (χ0) is 86.5. The number of aryl methyl sites for hydroxylation is 2. The fourth-order valence-electron chi connectivity index (χ4n) is 19.3. The Morgan fingerprint density at radius 1 is 0.456 bits per heavy atom. The fraction of sp³-hybridized carbons (Fsp3) is 0.511. The number of likely N-dealkylation sites (tertiary alicyclic amines) is 3. The normalized spacial score (nSPS) is 18.5. The van der Waals surface area contributed by atoms with E-state index in [9.17, 15) is 34.8 Å². The number of carbonyl (C=O) groups excluding carboxylic acids is 3. The molecule has 18 rings (SSSR count). The molecule has 30 nitrogen and oxygen atoms in total. The summed E-state index contributed by atoms with van der Waals surface area (Å²) in [5.41, 5.74) is 12.0. The Labute approximate surface area is 736 Å². The number of H-pyrrole nitrogens is 1. The Bertz CT molecular complexity index is 5090. The summed E-state index contributed by atoms with van der Waals surface area (Å²) >= 11 is 1.59. The minimum atomic E-state index is -0.295. The summed E-state index contributed by atoms with van der Waals surface area (Å²) in [6.07, 6.45) is 20.8. The molecule has 0 radical (unpaired) electrons. The van der Waals surface area contributed by atoms with Gasteiger partial charge in [-0.3, -0.25) is 14.4 Å². The lowest BCUT2D eigenvalue weighted by atomic mass is 10.0. The smallest absolute Gasteiger partial charge is 0.318 e. The van der Waals surface area contributed by atoms with Crippen molar-refractivity contribution in [1.29, 1.82) is 0 Å². The van der Waals surface area contributed by atoms with Crippen LogP contribution in [0.15, 0.2) is 105 Å². The van der Waals surface area contributed by atoms with Crippen LogP contribution in [0.5, 0.6) is 35.3 Å². The van der Waals surface area contributed by atoms with Crippen molar-refractivity contribution in [3.8, 4) is 35.3 Å². The van der Waals surface area contributed by atoms with Gasteiger partial charge in [0.05, 0.1) is 95.8 Å². The first-order valence-corrected chi connectivity index (χ1v) is 46.1. The second-order valence-corrected chi connectivity index (χ2v) is 35.5. The van der Waals surface area contributed by atoms with Crippen molar-refractivity contribution in [2.24, 2.45) is 0 Å². The van der Waals surface area contributed by atoms with Crippen LogP contribution in [0.2, 0.25) is 0 Å². The number of anilines is 6. The summed E-state index contributed by atoms with van der Waals surface area (Å²) in [6, 6.07) is 21.9. The monoisotopic (exact) mass is 1720 g/mol. The molecule has 1 unspecified atom stereocenters. The van der Waals surface area contributed by atoms with Crippen molar-refractivity contribution in [2.75, 3.05) is 206 Å². The maximum absolute atomic E-state index is 12.3. The third-order valence-electron chi connectivity index (χ3n) is 25.8. The molecule has 125 heavy (non-hydrogen) atoms. The number of hydrogen-bond donors (Lipinski definition) is 5. The van der Waals surface area contributed by atoms with Gasteiger partial charge in [-0.05, 0) is 178 Å². The van der Waals surface area contributed by atoms with Gasteiger partial charge in [-0.1, -0.05) is 63.3 Å². The van der Waals surface area contributed by atoms with Crippen molar-refractivity contribution < 1.29 is 49.0 Å². The first-order valence-electron chi connectivity index (χ1n) is 45.3. The second kappa shape index (κ2) is 40.9. The Balaban J connectivity index is 0.000000138. The minimum absolute atomic E-state index is 0.0280. The van der Waals surface area contributed by atoms with Gasteiger partial charge in [-0.15, -0.1) is 11.3 Å². The van der Waals surface area contributed by atoms with Crippen LogP contribution in [0.3, 0.4) is 0 Å². The Morgan fingerprint density at radius 2 is 0.880 bits per heavy atom.